The fraction of sp³-hybridized carbons (Fsp3) is 0.111. The second-order valence-electron chi connectivity index (χ2n) is 3.05. The first-order valence-corrected chi connectivity index (χ1v) is 4.27. The van der Waals surface area contributed by atoms with Crippen LogP contribution in [-0.4, -0.2) is 29.1 Å². The van der Waals surface area contributed by atoms with E-state index in [4.69, 9.17) is 16.7 Å². The monoisotopic (exact) mass is 226 g/mol. The van der Waals surface area contributed by atoms with Gasteiger partial charge >= 0.3 is 5.97 Å². The Labute approximate surface area is 90.9 Å². The maximum Gasteiger partial charge on any atom is 0.336 e. The summed E-state index contributed by atoms with van der Waals surface area (Å²) in [5.41, 5.74) is 5.38. The number of amidine groups is 1. The Balaban J connectivity index is 3.28. The van der Waals surface area contributed by atoms with Crippen molar-refractivity contribution in [2.45, 2.75) is 0 Å². The molecule has 0 heterocycles. The molecule has 86 valence electrons. The molecule has 0 aliphatic rings. The largest absolute Gasteiger partial charge is 0.478 e. The Hall–Kier alpha value is -2.15. The lowest BCUT2D eigenvalue weighted by atomic mass is 10.1. The van der Waals surface area contributed by atoms with Crippen molar-refractivity contribution in [1.29, 1.82) is 0 Å². The van der Waals surface area contributed by atoms with Gasteiger partial charge in [0, 0.05) is 12.6 Å². The van der Waals surface area contributed by atoms with Gasteiger partial charge in [0.25, 0.3) is 0 Å². The van der Waals surface area contributed by atoms with Crippen molar-refractivity contribution < 1.29 is 14.3 Å². The van der Waals surface area contributed by atoms with E-state index in [2.05, 4.69) is 5.10 Å². The fourth-order valence-electron chi connectivity index (χ4n) is 1.14. The second kappa shape index (κ2) is 4.58. The molecule has 0 spiro atoms. The maximum atomic E-state index is 12.9. The Kier molecular flexibility index (Phi) is 3.41. The third kappa shape index (κ3) is 2.67. The highest BCUT2D eigenvalue weighted by atomic mass is 19.1. The van der Waals surface area contributed by atoms with Crippen LogP contribution in [0.15, 0.2) is 23.3 Å². The summed E-state index contributed by atoms with van der Waals surface area (Å²) in [6.45, 7) is 0. The summed E-state index contributed by atoms with van der Waals surface area (Å²) in [4.78, 5) is 10.8. The second-order valence-corrected chi connectivity index (χ2v) is 3.05. The first-order valence-electron chi connectivity index (χ1n) is 4.27. The highest BCUT2D eigenvalue weighted by Gasteiger charge is 2.14. The summed E-state index contributed by atoms with van der Waals surface area (Å²) in [6.07, 6.45) is 0. The number of hydrogen-bond donors (Lipinski definition) is 3. The minimum atomic E-state index is -1.28. The van der Waals surface area contributed by atoms with Gasteiger partial charge in [0.15, 0.2) is 5.84 Å². The molecule has 1 rings (SSSR count). The van der Waals surface area contributed by atoms with E-state index >= 15 is 0 Å². The molecule has 0 aliphatic carbocycles. The van der Waals surface area contributed by atoms with Crippen LogP contribution in [0.25, 0.3) is 0 Å². The summed E-state index contributed by atoms with van der Waals surface area (Å²) in [5.74, 6) is 3.19. The number of carboxylic acids is 1. The third-order valence-corrected chi connectivity index (χ3v) is 1.75. The summed E-state index contributed by atoms with van der Waals surface area (Å²) >= 11 is 0. The van der Waals surface area contributed by atoms with Crippen LogP contribution in [0.1, 0.15) is 15.9 Å². The van der Waals surface area contributed by atoms with Gasteiger partial charge in [0.05, 0.1) is 5.56 Å². The molecule has 7 heteroatoms. The van der Waals surface area contributed by atoms with Crippen molar-refractivity contribution in [3.63, 3.8) is 0 Å². The van der Waals surface area contributed by atoms with E-state index in [1.54, 1.807) is 0 Å². The van der Waals surface area contributed by atoms with Crippen molar-refractivity contribution in [1.82, 2.24) is 5.12 Å². The van der Waals surface area contributed by atoms with Crippen LogP contribution < -0.4 is 11.6 Å². The normalized spacial score (nSPS) is 11.3. The van der Waals surface area contributed by atoms with Crippen LogP contribution in [-0.2, 0) is 0 Å². The van der Waals surface area contributed by atoms with Gasteiger partial charge in [0.2, 0.25) is 0 Å². The molecule has 6 nitrogen and oxygen atoms in total. The smallest absolute Gasteiger partial charge is 0.336 e. The van der Waals surface area contributed by atoms with E-state index in [1.807, 2.05) is 0 Å². The van der Waals surface area contributed by atoms with E-state index in [0.717, 1.165) is 17.3 Å². The molecule has 5 N–H and O–H groups in total. The molecule has 0 saturated carbocycles. The number of benzene rings is 1. The van der Waals surface area contributed by atoms with Crippen LogP contribution in [0.4, 0.5) is 4.39 Å². The fourth-order valence-corrected chi connectivity index (χ4v) is 1.14. The highest BCUT2D eigenvalue weighted by Crippen LogP contribution is 2.11. The SMILES string of the molecule is CN(N)/N=C(\N)c1ccc(F)cc1C(=O)O. The first-order chi connectivity index (χ1) is 7.41. The summed E-state index contributed by atoms with van der Waals surface area (Å²) in [5, 5.41) is 13.4. The standard InChI is InChI=1S/C9H11FN4O2/c1-14(12)13-8(11)6-3-2-5(10)4-7(6)9(15)16/h2-4H,12H2,1H3,(H2,11,13)(H,15,16). The number of hydrogen-bond acceptors (Lipinski definition) is 4. The van der Waals surface area contributed by atoms with Crippen molar-refractivity contribution in [2.75, 3.05) is 7.05 Å². The third-order valence-electron chi connectivity index (χ3n) is 1.75. The molecule has 0 bridgehead atoms. The van der Waals surface area contributed by atoms with Gasteiger partial charge in [-0.3, -0.25) is 0 Å². The van der Waals surface area contributed by atoms with Crippen LogP contribution in [0.5, 0.6) is 0 Å². The van der Waals surface area contributed by atoms with E-state index in [9.17, 15) is 9.18 Å². The van der Waals surface area contributed by atoms with Gasteiger partial charge < -0.3 is 10.8 Å². The molecule has 1 aromatic rings. The van der Waals surface area contributed by atoms with Gasteiger partial charge in [0.1, 0.15) is 5.82 Å². The molecule has 0 amide bonds. The quantitative estimate of drug-likeness (QED) is 0.290. The molecule has 0 unspecified atom stereocenters. The molecule has 1 aromatic carbocycles. The Morgan fingerprint density at radius 2 is 2.12 bits per heavy atom. The molecule has 0 radical (unpaired) electrons. The van der Waals surface area contributed by atoms with Gasteiger partial charge in [-0.05, 0) is 18.2 Å². The lowest BCUT2D eigenvalue weighted by Gasteiger charge is -2.08. The Bertz CT molecular complexity index is 445. The van der Waals surface area contributed by atoms with Gasteiger partial charge in [-0.2, -0.15) is 0 Å². The average molecular weight is 226 g/mol. The predicted molar refractivity (Wildman–Crippen MR) is 56.0 cm³/mol. The number of halogens is 1. The number of aromatic carboxylic acids is 1. The molecule has 0 aliphatic heterocycles. The van der Waals surface area contributed by atoms with Crippen molar-refractivity contribution in [3.8, 4) is 0 Å². The van der Waals surface area contributed by atoms with Crippen molar-refractivity contribution >= 4 is 11.8 Å². The summed E-state index contributed by atoms with van der Waals surface area (Å²) in [6, 6.07) is 3.21. The van der Waals surface area contributed by atoms with E-state index in [1.165, 1.54) is 13.1 Å². The Morgan fingerprint density at radius 1 is 1.50 bits per heavy atom. The molecule has 0 atom stereocenters. The number of nitrogens with zero attached hydrogens (tertiary/aromatic N) is 2. The summed E-state index contributed by atoms with van der Waals surface area (Å²) in [7, 11) is 1.43. The van der Waals surface area contributed by atoms with Crippen LogP contribution in [0.3, 0.4) is 0 Å². The zero-order valence-corrected chi connectivity index (χ0v) is 8.51. The van der Waals surface area contributed by atoms with Crippen LogP contribution >= 0.6 is 0 Å². The topological polar surface area (TPSA) is 105 Å². The van der Waals surface area contributed by atoms with Gasteiger partial charge in [-0.25, -0.2) is 20.1 Å². The molecule has 0 fully saturated rings. The number of hydrazine groups is 1. The molecule has 0 saturated heterocycles. The van der Waals surface area contributed by atoms with Gasteiger partial charge in [-0.1, -0.05) is 0 Å². The number of carboxylic acid groups (broad SMARTS) is 1. The molecular formula is C9H11FN4O2. The molecule has 0 aromatic heterocycles. The lowest BCUT2D eigenvalue weighted by Crippen LogP contribution is -2.26. The predicted octanol–water partition coefficient (Wildman–Crippen LogP) is -0.0503. The van der Waals surface area contributed by atoms with Crippen LogP contribution in [0.2, 0.25) is 0 Å². The summed E-state index contributed by atoms with van der Waals surface area (Å²) < 4.78 is 12.9. The molecule has 16 heavy (non-hydrogen) atoms. The van der Waals surface area contributed by atoms with Crippen molar-refractivity contribution in [3.05, 3.63) is 35.1 Å². The maximum absolute atomic E-state index is 12.9. The van der Waals surface area contributed by atoms with Crippen molar-refractivity contribution in [2.24, 2.45) is 16.7 Å². The minimum Gasteiger partial charge on any atom is -0.478 e. The number of nitrogens with two attached hydrogens (primary N) is 2. The molecular weight excluding hydrogens is 215 g/mol. The minimum absolute atomic E-state index is 0.0950. The van der Waals surface area contributed by atoms with Crippen LogP contribution in [0, 0.1) is 5.82 Å². The zero-order chi connectivity index (χ0) is 12.3. The number of rotatable bonds is 3. The number of hydrazone groups is 1. The average Bonchev–Trinajstić information content (AvgIpc) is 2.16. The van der Waals surface area contributed by atoms with E-state index in [0.29, 0.717) is 0 Å². The zero-order valence-electron chi connectivity index (χ0n) is 8.51. The Morgan fingerprint density at radius 3 is 2.62 bits per heavy atom. The van der Waals surface area contributed by atoms with Gasteiger partial charge in [-0.15, -0.1) is 5.10 Å². The number of carbonyl (C=O) groups is 1. The van der Waals surface area contributed by atoms with E-state index < -0.39 is 11.8 Å². The van der Waals surface area contributed by atoms with E-state index in [-0.39, 0.29) is 17.0 Å². The first kappa shape index (κ1) is 11.9. The lowest BCUT2D eigenvalue weighted by molar-refractivity contribution is 0.0696. The highest BCUT2D eigenvalue weighted by molar-refractivity contribution is 6.06.